The normalized spacial score (nSPS) is 14.6. The van der Waals surface area contributed by atoms with Crippen LogP contribution >= 0.6 is 0 Å². The minimum absolute atomic E-state index is 0.259. The highest BCUT2D eigenvalue weighted by molar-refractivity contribution is 5.36. The van der Waals surface area contributed by atoms with Crippen molar-refractivity contribution in [3.05, 3.63) is 34.9 Å². The molecular weight excluding hydrogens is 277 g/mol. The predicted molar refractivity (Wildman–Crippen MR) is 80.1 cm³/mol. The van der Waals surface area contributed by atoms with Crippen LogP contribution in [0.4, 0.5) is 13.2 Å². The molecule has 0 saturated carbocycles. The van der Waals surface area contributed by atoms with E-state index in [1.165, 1.54) is 12.1 Å². The molecule has 0 saturated heterocycles. The van der Waals surface area contributed by atoms with Crippen LogP contribution < -0.4 is 5.73 Å². The average molecular weight is 302 g/mol. The van der Waals surface area contributed by atoms with Gasteiger partial charge >= 0.3 is 6.18 Å². The Labute approximate surface area is 125 Å². The minimum atomic E-state index is -4.32. The summed E-state index contributed by atoms with van der Waals surface area (Å²) in [7, 11) is 3.93. The monoisotopic (exact) mass is 302 g/mol. The molecule has 2 N–H and O–H groups in total. The van der Waals surface area contributed by atoms with Crippen molar-refractivity contribution >= 4 is 0 Å². The van der Waals surface area contributed by atoms with E-state index < -0.39 is 11.7 Å². The number of hydrogen-bond donors (Lipinski definition) is 1. The fourth-order valence-corrected chi connectivity index (χ4v) is 3.09. The number of nitrogens with two attached hydrogens (primary N) is 1. The third-order valence-corrected chi connectivity index (χ3v) is 4.63. The van der Waals surface area contributed by atoms with Crippen LogP contribution in [-0.2, 0) is 6.18 Å². The third kappa shape index (κ3) is 3.40. The SMILES string of the molecule is CCC(CC)(C(N)c1ccc(C(F)(F)F)cc1C)N(C)C. The van der Waals surface area contributed by atoms with E-state index in [1.54, 1.807) is 6.92 Å². The molecule has 0 heterocycles. The molecule has 0 aromatic heterocycles. The molecule has 0 aliphatic carbocycles. The Morgan fingerprint density at radius 1 is 1.14 bits per heavy atom. The molecule has 0 aliphatic heterocycles. The molecule has 1 atom stereocenters. The molecule has 0 radical (unpaired) electrons. The number of nitrogens with zero attached hydrogens (tertiary/aromatic N) is 1. The quantitative estimate of drug-likeness (QED) is 0.886. The van der Waals surface area contributed by atoms with Gasteiger partial charge in [0.1, 0.15) is 0 Å². The van der Waals surface area contributed by atoms with E-state index in [0.717, 1.165) is 24.5 Å². The highest BCUT2D eigenvalue weighted by Gasteiger charge is 2.38. The predicted octanol–water partition coefficient (Wildman–Crippen LogP) is 4.13. The van der Waals surface area contributed by atoms with Gasteiger partial charge in [0, 0.05) is 11.6 Å². The van der Waals surface area contributed by atoms with Crippen molar-refractivity contribution in [1.29, 1.82) is 0 Å². The highest BCUT2D eigenvalue weighted by Crippen LogP contribution is 2.37. The molecule has 21 heavy (non-hydrogen) atoms. The van der Waals surface area contributed by atoms with Crippen molar-refractivity contribution in [2.24, 2.45) is 5.73 Å². The number of rotatable bonds is 5. The number of alkyl halides is 3. The second-order valence-electron chi connectivity index (χ2n) is 5.75. The van der Waals surface area contributed by atoms with Gasteiger partial charge in [-0.2, -0.15) is 13.2 Å². The molecule has 0 fully saturated rings. The van der Waals surface area contributed by atoms with Gasteiger partial charge in [0.2, 0.25) is 0 Å². The molecule has 2 nitrogen and oxygen atoms in total. The first-order chi connectivity index (χ1) is 9.60. The van der Waals surface area contributed by atoms with Crippen LogP contribution in [0, 0.1) is 6.92 Å². The van der Waals surface area contributed by atoms with Gasteiger partial charge in [0.05, 0.1) is 5.56 Å². The van der Waals surface area contributed by atoms with Gasteiger partial charge in [-0.05, 0) is 57.1 Å². The van der Waals surface area contributed by atoms with E-state index in [0.29, 0.717) is 5.56 Å². The Morgan fingerprint density at radius 3 is 2.00 bits per heavy atom. The summed E-state index contributed by atoms with van der Waals surface area (Å²) in [5.74, 6) is 0. The van der Waals surface area contributed by atoms with Crippen molar-refractivity contribution in [2.45, 2.75) is 51.4 Å². The Kier molecular flexibility index (Phi) is 5.45. The fourth-order valence-electron chi connectivity index (χ4n) is 3.09. The number of likely N-dealkylation sites (N-methyl/N-ethyl adjacent to an activating group) is 1. The van der Waals surface area contributed by atoms with E-state index >= 15 is 0 Å². The van der Waals surface area contributed by atoms with Crippen LogP contribution in [0.2, 0.25) is 0 Å². The summed E-state index contributed by atoms with van der Waals surface area (Å²) in [5, 5.41) is 0. The van der Waals surface area contributed by atoms with Crippen LogP contribution in [0.1, 0.15) is 49.4 Å². The standard InChI is InChI=1S/C16H25F3N2/c1-6-15(7-2,21(4)5)14(20)13-9-8-12(10-11(13)3)16(17,18)19/h8-10,14H,6-7,20H2,1-5H3. The first kappa shape index (κ1) is 18.0. The molecule has 0 aliphatic rings. The first-order valence-electron chi connectivity index (χ1n) is 7.21. The van der Waals surface area contributed by atoms with Gasteiger partial charge in [-0.15, -0.1) is 0 Å². The number of hydrogen-bond acceptors (Lipinski definition) is 2. The largest absolute Gasteiger partial charge is 0.416 e. The van der Waals surface area contributed by atoms with E-state index in [2.05, 4.69) is 18.7 Å². The summed E-state index contributed by atoms with van der Waals surface area (Å²) in [4.78, 5) is 2.08. The zero-order valence-electron chi connectivity index (χ0n) is 13.4. The highest BCUT2D eigenvalue weighted by atomic mass is 19.4. The van der Waals surface area contributed by atoms with Crippen molar-refractivity contribution in [3.8, 4) is 0 Å². The maximum Gasteiger partial charge on any atom is 0.416 e. The van der Waals surface area contributed by atoms with Crippen LogP contribution in [-0.4, -0.2) is 24.5 Å². The fraction of sp³-hybridized carbons (Fsp3) is 0.625. The van der Waals surface area contributed by atoms with Gasteiger partial charge in [0.25, 0.3) is 0 Å². The molecule has 5 heteroatoms. The third-order valence-electron chi connectivity index (χ3n) is 4.63. The lowest BCUT2D eigenvalue weighted by molar-refractivity contribution is -0.137. The number of benzene rings is 1. The molecule has 1 aromatic carbocycles. The minimum Gasteiger partial charge on any atom is -0.322 e. The summed E-state index contributed by atoms with van der Waals surface area (Å²) >= 11 is 0. The molecule has 1 unspecified atom stereocenters. The van der Waals surface area contributed by atoms with Crippen molar-refractivity contribution in [2.75, 3.05) is 14.1 Å². The lowest BCUT2D eigenvalue weighted by Gasteiger charge is -2.44. The molecule has 0 bridgehead atoms. The molecule has 120 valence electrons. The Bertz CT molecular complexity index is 477. The van der Waals surface area contributed by atoms with Crippen LogP contribution in [0.3, 0.4) is 0 Å². The zero-order chi connectivity index (χ0) is 16.4. The summed E-state index contributed by atoms with van der Waals surface area (Å²) in [6.07, 6.45) is -2.65. The van der Waals surface area contributed by atoms with Crippen molar-refractivity contribution in [1.82, 2.24) is 4.90 Å². The van der Waals surface area contributed by atoms with Gasteiger partial charge in [-0.3, -0.25) is 0 Å². The van der Waals surface area contributed by atoms with Crippen LogP contribution in [0.25, 0.3) is 0 Å². The van der Waals surface area contributed by atoms with E-state index in [9.17, 15) is 13.2 Å². The maximum atomic E-state index is 12.8. The Hall–Kier alpha value is -1.07. The van der Waals surface area contributed by atoms with E-state index in [-0.39, 0.29) is 11.6 Å². The van der Waals surface area contributed by atoms with Gasteiger partial charge < -0.3 is 10.6 Å². The van der Waals surface area contributed by atoms with Crippen molar-refractivity contribution < 1.29 is 13.2 Å². The van der Waals surface area contributed by atoms with Crippen molar-refractivity contribution in [3.63, 3.8) is 0 Å². The number of halogens is 3. The zero-order valence-corrected chi connectivity index (χ0v) is 13.4. The topological polar surface area (TPSA) is 29.3 Å². The summed E-state index contributed by atoms with van der Waals surface area (Å²) in [5.41, 5.74) is 6.91. The molecule has 0 spiro atoms. The first-order valence-corrected chi connectivity index (χ1v) is 7.21. The van der Waals surface area contributed by atoms with Gasteiger partial charge in [-0.1, -0.05) is 19.9 Å². The summed E-state index contributed by atoms with van der Waals surface area (Å²) in [6.45, 7) is 5.81. The molecule has 1 rings (SSSR count). The van der Waals surface area contributed by atoms with Gasteiger partial charge in [0.15, 0.2) is 0 Å². The summed E-state index contributed by atoms with van der Waals surface area (Å²) < 4.78 is 38.3. The van der Waals surface area contributed by atoms with Crippen LogP contribution in [0.5, 0.6) is 0 Å². The Balaban J connectivity index is 3.27. The van der Waals surface area contributed by atoms with E-state index in [4.69, 9.17) is 5.73 Å². The smallest absolute Gasteiger partial charge is 0.322 e. The van der Waals surface area contributed by atoms with Crippen LogP contribution in [0.15, 0.2) is 18.2 Å². The second kappa shape index (κ2) is 6.36. The average Bonchev–Trinajstić information content (AvgIpc) is 2.39. The lowest BCUT2D eigenvalue weighted by atomic mass is 9.79. The molecule has 1 aromatic rings. The Morgan fingerprint density at radius 2 is 1.67 bits per heavy atom. The number of aryl methyl sites for hydroxylation is 1. The summed E-state index contributed by atoms with van der Waals surface area (Å²) in [6, 6.07) is 3.49. The van der Waals surface area contributed by atoms with Gasteiger partial charge in [-0.25, -0.2) is 0 Å². The lowest BCUT2D eigenvalue weighted by Crippen LogP contribution is -2.51. The molecular formula is C16H25F3N2. The van der Waals surface area contributed by atoms with E-state index in [1.807, 2.05) is 14.1 Å². The maximum absolute atomic E-state index is 12.8. The molecule has 0 amide bonds. The second-order valence-corrected chi connectivity index (χ2v) is 5.75.